The summed E-state index contributed by atoms with van der Waals surface area (Å²) < 4.78 is 10.7. The molecule has 0 bridgehead atoms. The Balaban J connectivity index is 2.80. The maximum atomic E-state index is 12.2. The molecule has 7 heteroatoms. The van der Waals surface area contributed by atoms with Gasteiger partial charge in [0.1, 0.15) is 0 Å². The highest BCUT2D eigenvalue weighted by Gasteiger charge is 2.24. The number of methoxy groups -OCH3 is 2. The molecule has 28 heavy (non-hydrogen) atoms. The molecule has 1 amide bonds. The van der Waals surface area contributed by atoms with E-state index in [1.807, 2.05) is 50.9 Å². The number of hydrogen-bond donors (Lipinski definition) is 2. The maximum absolute atomic E-state index is 12.2. The Morgan fingerprint density at radius 1 is 1.11 bits per heavy atom. The third-order valence-electron chi connectivity index (χ3n) is 4.32. The van der Waals surface area contributed by atoms with Crippen molar-refractivity contribution in [1.29, 1.82) is 0 Å². The summed E-state index contributed by atoms with van der Waals surface area (Å²) in [5, 5.41) is 6.33. The summed E-state index contributed by atoms with van der Waals surface area (Å²) in [6.45, 7) is 11.0. The molecule has 1 aromatic rings. The molecule has 0 aliphatic rings. The van der Waals surface area contributed by atoms with Crippen LogP contribution in [0.2, 0.25) is 0 Å². The van der Waals surface area contributed by atoms with Crippen LogP contribution in [0.15, 0.2) is 23.2 Å². The van der Waals surface area contributed by atoms with Crippen LogP contribution in [0.5, 0.6) is 11.5 Å². The van der Waals surface area contributed by atoms with Gasteiger partial charge in [0, 0.05) is 31.6 Å². The molecule has 0 spiro atoms. The quantitative estimate of drug-likeness (QED) is 0.551. The minimum absolute atomic E-state index is 0.0444. The zero-order valence-electron chi connectivity index (χ0n) is 18.8. The lowest BCUT2D eigenvalue weighted by atomic mass is 9.84. The van der Waals surface area contributed by atoms with Crippen LogP contribution in [0.3, 0.4) is 0 Å². The molecule has 7 nitrogen and oxygen atoms in total. The van der Waals surface area contributed by atoms with E-state index in [0.717, 1.165) is 5.56 Å². The van der Waals surface area contributed by atoms with Gasteiger partial charge >= 0.3 is 0 Å². The maximum Gasteiger partial charge on any atom is 0.240 e. The average Bonchev–Trinajstić information content (AvgIpc) is 2.59. The number of nitrogens with zero attached hydrogens (tertiary/aromatic N) is 2. The van der Waals surface area contributed by atoms with Gasteiger partial charge in [-0.05, 0) is 38.5 Å². The second-order valence-corrected chi connectivity index (χ2v) is 8.51. The van der Waals surface area contributed by atoms with E-state index in [9.17, 15) is 4.79 Å². The van der Waals surface area contributed by atoms with Gasteiger partial charge in [0.15, 0.2) is 17.5 Å². The van der Waals surface area contributed by atoms with Gasteiger partial charge in [-0.3, -0.25) is 9.79 Å². The number of rotatable bonds is 7. The van der Waals surface area contributed by atoms with Crippen molar-refractivity contribution in [3.05, 3.63) is 23.8 Å². The summed E-state index contributed by atoms with van der Waals surface area (Å²) in [5.74, 6) is 2.03. The molecular weight excluding hydrogens is 356 g/mol. The molecule has 0 aliphatic heterocycles. The van der Waals surface area contributed by atoms with E-state index >= 15 is 0 Å². The van der Waals surface area contributed by atoms with Gasteiger partial charge in [0.25, 0.3) is 0 Å². The second-order valence-electron chi connectivity index (χ2n) is 8.51. The molecule has 0 atom stereocenters. The van der Waals surface area contributed by atoms with Gasteiger partial charge in [-0.2, -0.15) is 0 Å². The fraction of sp³-hybridized carbons (Fsp3) is 0.619. The largest absolute Gasteiger partial charge is 0.493 e. The number of ether oxygens (including phenoxy) is 2. The smallest absolute Gasteiger partial charge is 0.240 e. The SMILES string of the molecule is CN=C(NCC(C)(C)c1ccc(OC)c(OC)c1)N(C)CC(=O)NC(C)(C)C. The van der Waals surface area contributed by atoms with Crippen LogP contribution in [-0.4, -0.2) is 63.7 Å². The van der Waals surface area contributed by atoms with Gasteiger partial charge in [-0.15, -0.1) is 0 Å². The summed E-state index contributed by atoms with van der Waals surface area (Å²) in [5.41, 5.74) is 0.662. The first kappa shape index (κ1) is 23.6. The molecule has 2 N–H and O–H groups in total. The summed E-state index contributed by atoms with van der Waals surface area (Å²) in [7, 11) is 6.82. The van der Waals surface area contributed by atoms with E-state index in [2.05, 4.69) is 29.5 Å². The fourth-order valence-electron chi connectivity index (χ4n) is 2.79. The molecule has 0 radical (unpaired) electrons. The second kappa shape index (κ2) is 9.66. The number of likely N-dealkylation sites (N-methyl/N-ethyl adjacent to an activating group) is 1. The van der Waals surface area contributed by atoms with Crippen LogP contribution in [0.25, 0.3) is 0 Å². The van der Waals surface area contributed by atoms with Gasteiger partial charge < -0.3 is 25.0 Å². The van der Waals surface area contributed by atoms with Crippen LogP contribution in [0, 0.1) is 0 Å². The number of carbonyl (C=O) groups excluding carboxylic acids is 1. The Kier molecular flexibility index (Phi) is 8.14. The van der Waals surface area contributed by atoms with Crippen molar-refractivity contribution in [1.82, 2.24) is 15.5 Å². The minimum atomic E-state index is -0.260. The molecule has 1 aromatic carbocycles. The zero-order valence-corrected chi connectivity index (χ0v) is 18.8. The number of hydrogen-bond acceptors (Lipinski definition) is 4. The molecule has 0 unspecified atom stereocenters. The Hall–Kier alpha value is -2.44. The lowest BCUT2D eigenvalue weighted by molar-refractivity contribution is -0.122. The topological polar surface area (TPSA) is 75.2 Å². The third kappa shape index (κ3) is 6.94. The van der Waals surface area contributed by atoms with Crippen molar-refractivity contribution >= 4 is 11.9 Å². The van der Waals surface area contributed by atoms with Gasteiger partial charge in [-0.1, -0.05) is 19.9 Å². The van der Waals surface area contributed by atoms with E-state index < -0.39 is 0 Å². The average molecular weight is 393 g/mol. The molecular formula is C21H36N4O3. The van der Waals surface area contributed by atoms with Crippen LogP contribution in [0.1, 0.15) is 40.2 Å². The molecule has 0 fully saturated rings. The van der Waals surface area contributed by atoms with E-state index in [-0.39, 0.29) is 23.4 Å². The molecule has 1 rings (SSSR count). The van der Waals surface area contributed by atoms with Gasteiger partial charge in [0.2, 0.25) is 5.91 Å². The van der Waals surface area contributed by atoms with Crippen molar-refractivity contribution in [2.45, 2.75) is 45.6 Å². The number of guanidine groups is 1. The van der Waals surface area contributed by atoms with Crippen LogP contribution >= 0.6 is 0 Å². The van der Waals surface area contributed by atoms with Crippen molar-refractivity contribution in [3.63, 3.8) is 0 Å². The lowest BCUT2D eigenvalue weighted by Gasteiger charge is -2.30. The number of aliphatic imine (C=N–C) groups is 1. The fourth-order valence-corrected chi connectivity index (χ4v) is 2.79. The Labute approximate surface area is 169 Å². The molecule has 158 valence electrons. The standard InChI is InChI=1S/C21H36N4O3/c1-20(2,3)24-18(26)13-25(7)19(22-6)23-14-21(4,5)15-10-11-16(27-8)17(12-15)28-9/h10-12H,13-14H2,1-9H3,(H,22,23)(H,24,26). The predicted molar refractivity (Wildman–Crippen MR) is 114 cm³/mol. The van der Waals surface area contributed by atoms with Crippen molar-refractivity contribution in [2.24, 2.45) is 4.99 Å². The Morgan fingerprint density at radius 3 is 2.21 bits per heavy atom. The van der Waals surface area contributed by atoms with E-state index in [1.165, 1.54) is 0 Å². The Bertz CT molecular complexity index is 693. The third-order valence-corrected chi connectivity index (χ3v) is 4.32. The number of amides is 1. The number of carbonyl (C=O) groups is 1. The first-order chi connectivity index (χ1) is 12.9. The van der Waals surface area contributed by atoms with E-state index in [0.29, 0.717) is 24.0 Å². The summed E-state index contributed by atoms with van der Waals surface area (Å²) >= 11 is 0. The first-order valence-corrected chi connectivity index (χ1v) is 9.39. The molecule has 0 heterocycles. The first-order valence-electron chi connectivity index (χ1n) is 9.39. The number of nitrogens with one attached hydrogen (secondary N) is 2. The molecule has 0 saturated heterocycles. The number of benzene rings is 1. The molecule has 0 saturated carbocycles. The summed E-state index contributed by atoms with van der Waals surface area (Å²) in [6.07, 6.45) is 0. The van der Waals surface area contributed by atoms with Crippen LogP contribution in [-0.2, 0) is 10.2 Å². The molecule has 0 aliphatic carbocycles. The van der Waals surface area contributed by atoms with Gasteiger partial charge in [-0.25, -0.2) is 0 Å². The zero-order chi connectivity index (χ0) is 21.5. The lowest BCUT2D eigenvalue weighted by Crippen LogP contribution is -2.50. The minimum Gasteiger partial charge on any atom is -0.493 e. The highest BCUT2D eigenvalue weighted by Crippen LogP contribution is 2.32. The monoisotopic (exact) mass is 392 g/mol. The van der Waals surface area contributed by atoms with Crippen LogP contribution in [0.4, 0.5) is 0 Å². The van der Waals surface area contributed by atoms with Crippen molar-refractivity contribution in [2.75, 3.05) is 41.4 Å². The highest BCUT2D eigenvalue weighted by molar-refractivity contribution is 5.86. The van der Waals surface area contributed by atoms with Crippen molar-refractivity contribution in [3.8, 4) is 11.5 Å². The summed E-state index contributed by atoms with van der Waals surface area (Å²) in [4.78, 5) is 18.3. The van der Waals surface area contributed by atoms with Gasteiger partial charge in [0.05, 0.1) is 20.8 Å². The highest BCUT2D eigenvalue weighted by atomic mass is 16.5. The Morgan fingerprint density at radius 2 is 1.71 bits per heavy atom. The predicted octanol–water partition coefficient (Wildman–Crippen LogP) is 2.40. The summed E-state index contributed by atoms with van der Waals surface area (Å²) in [6, 6.07) is 5.93. The van der Waals surface area contributed by atoms with E-state index in [4.69, 9.17) is 9.47 Å². The van der Waals surface area contributed by atoms with Crippen LogP contribution < -0.4 is 20.1 Å². The van der Waals surface area contributed by atoms with Crippen molar-refractivity contribution < 1.29 is 14.3 Å². The van der Waals surface area contributed by atoms with E-state index in [1.54, 1.807) is 21.3 Å². The molecule has 0 aromatic heterocycles. The normalized spacial score (nSPS) is 12.4.